The van der Waals surface area contributed by atoms with Gasteiger partial charge >= 0.3 is 6.61 Å². The molecule has 0 N–H and O–H groups in total. The van der Waals surface area contributed by atoms with Crippen LogP contribution >= 0.6 is 0 Å². The molecule has 5 nitrogen and oxygen atoms in total. The first-order valence-corrected chi connectivity index (χ1v) is 8.12. The molecule has 0 heterocycles. The predicted octanol–water partition coefficient (Wildman–Crippen LogP) is 3.98. The third kappa shape index (κ3) is 5.99. The number of methoxy groups -OCH3 is 2. The summed E-state index contributed by atoms with van der Waals surface area (Å²) in [4.78, 5) is 13.8. The Morgan fingerprint density at radius 3 is 2.33 bits per heavy atom. The van der Waals surface area contributed by atoms with Gasteiger partial charge in [0.15, 0.2) is 0 Å². The number of ether oxygens (including phenoxy) is 3. The molecule has 0 bridgehead atoms. The smallest absolute Gasteiger partial charge is 0.387 e. The Morgan fingerprint density at radius 2 is 1.74 bits per heavy atom. The Bertz CT molecular complexity index is 791. The van der Waals surface area contributed by atoms with Crippen molar-refractivity contribution in [3.8, 4) is 17.2 Å². The zero-order valence-corrected chi connectivity index (χ0v) is 15.3. The predicted molar refractivity (Wildman–Crippen MR) is 98.1 cm³/mol. The normalized spacial score (nSPS) is 10.9. The zero-order chi connectivity index (χ0) is 19.8. The van der Waals surface area contributed by atoms with Gasteiger partial charge in [-0.2, -0.15) is 8.78 Å². The summed E-state index contributed by atoms with van der Waals surface area (Å²) in [6, 6.07) is 11.5. The summed E-state index contributed by atoms with van der Waals surface area (Å²) < 4.78 is 39.1. The fourth-order valence-electron chi connectivity index (χ4n) is 2.37. The molecule has 0 saturated heterocycles. The second-order valence-electron chi connectivity index (χ2n) is 5.66. The molecule has 0 unspecified atom stereocenters. The molecule has 2 aromatic carbocycles. The molecule has 2 aromatic rings. The van der Waals surface area contributed by atoms with E-state index in [0.717, 1.165) is 11.1 Å². The van der Waals surface area contributed by atoms with Crippen molar-refractivity contribution < 1.29 is 27.8 Å². The van der Waals surface area contributed by atoms with E-state index in [1.54, 1.807) is 57.7 Å². The van der Waals surface area contributed by atoms with Crippen LogP contribution in [0.2, 0.25) is 0 Å². The number of benzene rings is 2. The minimum Gasteiger partial charge on any atom is -0.497 e. The second-order valence-corrected chi connectivity index (χ2v) is 5.66. The molecule has 144 valence electrons. The van der Waals surface area contributed by atoms with Gasteiger partial charge in [-0.15, -0.1) is 0 Å². The van der Waals surface area contributed by atoms with Gasteiger partial charge in [0, 0.05) is 31.3 Å². The standard InChI is InChI=1S/C20H21F2NO4/c1-23(13-14-4-8-16(9-5-14)27-20(21)22)19(24)11-7-15-6-10-17(25-2)12-18(15)26-3/h4-12,20H,13H2,1-3H3. The number of hydrogen-bond acceptors (Lipinski definition) is 4. The Kier molecular flexibility index (Phi) is 7.16. The summed E-state index contributed by atoms with van der Waals surface area (Å²) in [7, 11) is 4.76. The van der Waals surface area contributed by atoms with Crippen LogP contribution < -0.4 is 14.2 Å². The maximum atomic E-state index is 12.3. The van der Waals surface area contributed by atoms with Gasteiger partial charge in [0.2, 0.25) is 5.91 Å². The van der Waals surface area contributed by atoms with Crippen LogP contribution in [0.4, 0.5) is 8.78 Å². The zero-order valence-electron chi connectivity index (χ0n) is 15.3. The van der Waals surface area contributed by atoms with Crippen molar-refractivity contribution in [1.82, 2.24) is 4.90 Å². The molecule has 0 aliphatic heterocycles. The lowest BCUT2D eigenvalue weighted by molar-refractivity contribution is -0.125. The fourth-order valence-corrected chi connectivity index (χ4v) is 2.37. The third-order valence-corrected chi connectivity index (χ3v) is 3.79. The Balaban J connectivity index is 2.00. The molecule has 1 amide bonds. The Labute approximate surface area is 156 Å². The van der Waals surface area contributed by atoms with Crippen LogP contribution in [0.1, 0.15) is 11.1 Å². The molecule has 0 saturated carbocycles. The molecule has 0 aliphatic rings. The molecule has 27 heavy (non-hydrogen) atoms. The average molecular weight is 377 g/mol. The van der Waals surface area contributed by atoms with E-state index in [-0.39, 0.29) is 11.7 Å². The van der Waals surface area contributed by atoms with Gasteiger partial charge in [0.05, 0.1) is 14.2 Å². The molecular weight excluding hydrogens is 356 g/mol. The van der Waals surface area contributed by atoms with Crippen molar-refractivity contribution in [3.05, 3.63) is 59.7 Å². The highest BCUT2D eigenvalue weighted by atomic mass is 19.3. The molecule has 7 heteroatoms. The first-order chi connectivity index (χ1) is 12.9. The van der Waals surface area contributed by atoms with Crippen molar-refractivity contribution in [2.24, 2.45) is 0 Å². The van der Waals surface area contributed by atoms with Crippen molar-refractivity contribution in [1.29, 1.82) is 0 Å². The SMILES string of the molecule is COc1ccc(C=CC(=O)N(C)Cc2ccc(OC(F)F)cc2)c(OC)c1. The van der Waals surface area contributed by atoms with E-state index < -0.39 is 6.61 Å². The van der Waals surface area contributed by atoms with Crippen molar-refractivity contribution in [3.63, 3.8) is 0 Å². The number of nitrogens with zero attached hydrogens (tertiary/aromatic N) is 1. The van der Waals surface area contributed by atoms with Gasteiger partial charge in [0.25, 0.3) is 0 Å². The van der Waals surface area contributed by atoms with Crippen LogP contribution in [0.5, 0.6) is 17.2 Å². The third-order valence-electron chi connectivity index (χ3n) is 3.79. The van der Waals surface area contributed by atoms with E-state index in [9.17, 15) is 13.6 Å². The quantitative estimate of drug-likeness (QED) is 0.653. The second kappa shape index (κ2) is 9.56. The maximum absolute atomic E-state index is 12.3. The van der Waals surface area contributed by atoms with E-state index in [0.29, 0.717) is 18.0 Å². The number of amides is 1. The van der Waals surface area contributed by atoms with Crippen molar-refractivity contribution in [2.75, 3.05) is 21.3 Å². The fraction of sp³-hybridized carbons (Fsp3) is 0.250. The lowest BCUT2D eigenvalue weighted by Crippen LogP contribution is -2.24. The van der Waals surface area contributed by atoms with Gasteiger partial charge < -0.3 is 19.1 Å². The molecule has 0 atom stereocenters. The number of carbonyl (C=O) groups is 1. The van der Waals surface area contributed by atoms with Gasteiger partial charge in [-0.3, -0.25) is 4.79 Å². The van der Waals surface area contributed by atoms with E-state index in [1.165, 1.54) is 23.1 Å². The highest BCUT2D eigenvalue weighted by Crippen LogP contribution is 2.25. The highest BCUT2D eigenvalue weighted by molar-refractivity contribution is 5.92. The number of alkyl halides is 2. The number of likely N-dealkylation sites (N-methyl/N-ethyl adjacent to an activating group) is 1. The summed E-state index contributed by atoms with van der Waals surface area (Å²) in [5.74, 6) is 1.12. The van der Waals surface area contributed by atoms with Crippen LogP contribution in [-0.2, 0) is 11.3 Å². The first kappa shape index (κ1) is 20.2. The van der Waals surface area contributed by atoms with Crippen LogP contribution in [0, 0.1) is 0 Å². The average Bonchev–Trinajstić information content (AvgIpc) is 2.66. The van der Waals surface area contributed by atoms with Crippen LogP contribution in [-0.4, -0.2) is 38.7 Å². The van der Waals surface area contributed by atoms with E-state index in [4.69, 9.17) is 9.47 Å². The summed E-state index contributed by atoms with van der Waals surface area (Å²) in [6.07, 6.45) is 3.11. The summed E-state index contributed by atoms with van der Waals surface area (Å²) in [6.45, 7) is -2.53. The Hall–Kier alpha value is -3.09. The Morgan fingerprint density at radius 1 is 1.07 bits per heavy atom. The van der Waals surface area contributed by atoms with E-state index in [2.05, 4.69) is 4.74 Å². The van der Waals surface area contributed by atoms with Crippen LogP contribution in [0.25, 0.3) is 6.08 Å². The number of carbonyl (C=O) groups excluding carboxylic acids is 1. The molecular formula is C20H21F2NO4. The maximum Gasteiger partial charge on any atom is 0.387 e. The summed E-state index contributed by atoms with van der Waals surface area (Å²) in [5, 5.41) is 0. The van der Waals surface area contributed by atoms with Crippen LogP contribution in [0.15, 0.2) is 48.5 Å². The lowest BCUT2D eigenvalue weighted by Gasteiger charge is -2.15. The molecule has 0 aliphatic carbocycles. The number of hydrogen-bond donors (Lipinski definition) is 0. The number of halogens is 2. The highest BCUT2D eigenvalue weighted by Gasteiger charge is 2.09. The van der Waals surface area contributed by atoms with E-state index >= 15 is 0 Å². The van der Waals surface area contributed by atoms with E-state index in [1.807, 2.05) is 0 Å². The van der Waals surface area contributed by atoms with Gasteiger partial charge in [0.1, 0.15) is 17.2 Å². The number of rotatable bonds is 8. The largest absolute Gasteiger partial charge is 0.497 e. The van der Waals surface area contributed by atoms with Crippen LogP contribution in [0.3, 0.4) is 0 Å². The minimum absolute atomic E-state index is 0.0780. The summed E-state index contributed by atoms with van der Waals surface area (Å²) >= 11 is 0. The molecule has 0 fully saturated rings. The molecule has 2 rings (SSSR count). The minimum atomic E-state index is -2.86. The lowest BCUT2D eigenvalue weighted by atomic mass is 10.1. The van der Waals surface area contributed by atoms with Crippen molar-refractivity contribution in [2.45, 2.75) is 13.2 Å². The molecule has 0 aromatic heterocycles. The van der Waals surface area contributed by atoms with Gasteiger partial charge in [-0.05, 0) is 35.9 Å². The first-order valence-electron chi connectivity index (χ1n) is 8.12. The molecule has 0 radical (unpaired) electrons. The summed E-state index contributed by atoms with van der Waals surface area (Å²) in [5.41, 5.74) is 1.54. The molecule has 0 spiro atoms. The van der Waals surface area contributed by atoms with Gasteiger partial charge in [-0.25, -0.2) is 0 Å². The van der Waals surface area contributed by atoms with Gasteiger partial charge in [-0.1, -0.05) is 12.1 Å². The topological polar surface area (TPSA) is 48.0 Å². The van der Waals surface area contributed by atoms with Crippen molar-refractivity contribution >= 4 is 12.0 Å². The monoisotopic (exact) mass is 377 g/mol.